The van der Waals surface area contributed by atoms with Crippen LogP contribution in [0.3, 0.4) is 0 Å². The molecule has 0 spiro atoms. The third-order valence-corrected chi connectivity index (χ3v) is 4.69. The number of aliphatic carboxylic acids is 1. The van der Waals surface area contributed by atoms with Gasteiger partial charge in [-0.05, 0) is 19.3 Å². The summed E-state index contributed by atoms with van der Waals surface area (Å²) in [5.41, 5.74) is 0. The molecule has 0 aromatic carbocycles. The molecular weight excluding hydrogens is 244 g/mol. The Bertz CT molecular complexity index is 426. The highest BCUT2D eigenvalue weighted by molar-refractivity contribution is 7.86. The lowest BCUT2D eigenvalue weighted by molar-refractivity contribution is -0.142. The van der Waals surface area contributed by atoms with E-state index in [0.29, 0.717) is 12.8 Å². The molecule has 7 heteroatoms. The van der Waals surface area contributed by atoms with Crippen molar-refractivity contribution in [2.75, 3.05) is 20.1 Å². The van der Waals surface area contributed by atoms with E-state index in [2.05, 4.69) is 5.92 Å². The molecule has 1 rings (SSSR count). The monoisotopic (exact) mass is 260 g/mol. The lowest BCUT2D eigenvalue weighted by atomic mass is 10.1. The lowest BCUT2D eigenvalue weighted by Gasteiger charge is -2.34. The molecule has 1 heterocycles. The number of piperidine rings is 1. The van der Waals surface area contributed by atoms with E-state index in [1.165, 1.54) is 7.05 Å². The van der Waals surface area contributed by atoms with Crippen molar-refractivity contribution in [3.8, 4) is 12.3 Å². The summed E-state index contributed by atoms with van der Waals surface area (Å²) in [6, 6.07) is -0.978. The molecule has 1 aliphatic rings. The first-order valence-electron chi connectivity index (χ1n) is 5.30. The Balaban J connectivity index is 2.95. The third-order valence-electron chi connectivity index (χ3n) is 2.74. The van der Waals surface area contributed by atoms with Crippen LogP contribution >= 0.6 is 0 Å². The van der Waals surface area contributed by atoms with E-state index in [0.717, 1.165) is 15.0 Å². The van der Waals surface area contributed by atoms with E-state index in [1.54, 1.807) is 0 Å². The molecule has 1 unspecified atom stereocenters. The van der Waals surface area contributed by atoms with Gasteiger partial charge >= 0.3 is 5.97 Å². The zero-order valence-electron chi connectivity index (χ0n) is 9.66. The number of carbonyl (C=O) groups is 1. The Kier molecular flexibility index (Phi) is 4.51. The van der Waals surface area contributed by atoms with Crippen LogP contribution in [0.15, 0.2) is 0 Å². The molecular formula is C10H16N2O4S. The van der Waals surface area contributed by atoms with Crippen LogP contribution in [-0.2, 0) is 15.0 Å². The fourth-order valence-electron chi connectivity index (χ4n) is 1.82. The maximum atomic E-state index is 12.1. The van der Waals surface area contributed by atoms with Crippen LogP contribution < -0.4 is 0 Å². The molecule has 0 radical (unpaired) electrons. The van der Waals surface area contributed by atoms with Gasteiger partial charge in [-0.1, -0.05) is 5.92 Å². The minimum atomic E-state index is -3.78. The predicted octanol–water partition coefficient (Wildman–Crippen LogP) is -0.265. The van der Waals surface area contributed by atoms with E-state index < -0.39 is 22.2 Å². The highest BCUT2D eigenvalue weighted by Gasteiger charge is 2.38. The number of terminal acetylenes is 1. The largest absolute Gasteiger partial charge is 0.480 e. The van der Waals surface area contributed by atoms with Crippen LogP contribution in [0.1, 0.15) is 19.3 Å². The van der Waals surface area contributed by atoms with Crippen molar-refractivity contribution in [2.45, 2.75) is 25.3 Å². The molecule has 0 aliphatic carbocycles. The SMILES string of the molecule is C#CCN(C)S(=O)(=O)N1CCCCC1C(=O)O. The molecule has 0 bridgehead atoms. The topological polar surface area (TPSA) is 77.9 Å². The average Bonchev–Trinajstić information content (AvgIpc) is 2.29. The number of carboxylic acids is 1. The van der Waals surface area contributed by atoms with E-state index in [-0.39, 0.29) is 13.1 Å². The summed E-state index contributed by atoms with van der Waals surface area (Å²) in [5, 5.41) is 9.02. The molecule has 1 N–H and O–H groups in total. The van der Waals surface area contributed by atoms with Gasteiger partial charge in [0.1, 0.15) is 6.04 Å². The summed E-state index contributed by atoms with van der Waals surface area (Å²) < 4.78 is 26.2. The summed E-state index contributed by atoms with van der Waals surface area (Å²) in [5.74, 6) is 1.12. The molecule has 17 heavy (non-hydrogen) atoms. The second-order valence-electron chi connectivity index (χ2n) is 3.93. The molecule has 0 aromatic heterocycles. The van der Waals surface area contributed by atoms with Crippen molar-refractivity contribution in [2.24, 2.45) is 0 Å². The maximum absolute atomic E-state index is 12.1. The van der Waals surface area contributed by atoms with E-state index >= 15 is 0 Å². The van der Waals surface area contributed by atoms with Gasteiger partial charge in [-0.15, -0.1) is 6.42 Å². The molecule has 1 fully saturated rings. The van der Waals surface area contributed by atoms with Gasteiger partial charge in [-0.2, -0.15) is 17.0 Å². The van der Waals surface area contributed by atoms with E-state index in [9.17, 15) is 13.2 Å². The van der Waals surface area contributed by atoms with Gasteiger partial charge in [0, 0.05) is 13.6 Å². The van der Waals surface area contributed by atoms with Gasteiger partial charge in [-0.3, -0.25) is 4.79 Å². The Morgan fingerprint density at radius 3 is 2.76 bits per heavy atom. The number of hydrogen-bond acceptors (Lipinski definition) is 3. The Labute approximate surface area is 101 Å². The van der Waals surface area contributed by atoms with Crippen molar-refractivity contribution < 1.29 is 18.3 Å². The van der Waals surface area contributed by atoms with Crippen LogP contribution in [0, 0.1) is 12.3 Å². The normalized spacial score (nSPS) is 22.3. The summed E-state index contributed by atoms with van der Waals surface area (Å²) in [6.07, 6.45) is 6.80. The van der Waals surface area contributed by atoms with Crippen molar-refractivity contribution >= 4 is 16.2 Å². The minimum Gasteiger partial charge on any atom is -0.480 e. The van der Waals surface area contributed by atoms with Crippen LogP contribution in [0.25, 0.3) is 0 Å². The lowest BCUT2D eigenvalue weighted by Crippen LogP contribution is -2.52. The molecule has 6 nitrogen and oxygen atoms in total. The quantitative estimate of drug-likeness (QED) is 0.706. The van der Waals surface area contributed by atoms with Crippen LogP contribution in [0.5, 0.6) is 0 Å². The van der Waals surface area contributed by atoms with Crippen LogP contribution in [0.2, 0.25) is 0 Å². The smallest absolute Gasteiger partial charge is 0.322 e. The molecule has 0 amide bonds. The summed E-state index contributed by atoms with van der Waals surface area (Å²) in [4.78, 5) is 11.0. The van der Waals surface area contributed by atoms with Gasteiger partial charge in [0.25, 0.3) is 10.2 Å². The molecule has 96 valence electrons. The number of carboxylic acid groups (broad SMARTS) is 1. The summed E-state index contributed by atoms with van der Waals surface area (Å²) in [7, 11) is -2.43. The number of nitrogens with zero attached hydrogens (tertiary/aromatic N) is 2. The third kappa shape index (κ3) is 2.97. The highest BCUT2D eigenvalue weighted by Crippen LogP contribution is 2.22. The predicted molar refractivity (Wildman–Crippen MR) is 62.4 cm³/mol. The number of hydrogen-bond donors (Lipinski definition) is 1. The first-order valence-corrected chi connectivity index (χ1v) is 6.70. The molecule has 0 saturated carbocycles. The Morgan fingerprint density at radius 1 is 1.59 bits per heavy atom. The maximum Gasteiger partial charge on any atom is 0.322 e. The average molecular weight is 260 g/mol. The van der Waals surface area contributed by atoms with Crippen molar-refractivity contribution in [3.05, 3.63) is 0 Å². The highest BCUT2D eigenvalue weighted by atomic mass is 32.2. The standard InChI is InChI=1S/C10H16N2O4S/c1-3-7-11(2)17(15,16)12-8-5-4-6-9(12)10(13)14/h1,9H,4-8H2,2H3,(H,13,14). The van der Waals surface area contributed by atoms with Gasteiger partial charge in [0.05, 0.1) is 6.54 Å². The van der Waals surface area contributed by atoms with E-state index in [1.807, 2.05) is 0 Å². The molecule has 1 saturated heterocycles. The molecule has 0 aromatic rings. The zero-order valence-corrected chi connectivity index (χ0v) is 10.5. The zero-order chi connectivity index (χ0) is 13.1. The minimum absolute atomic E-state index is 0.0643. The Morgan fingerprint density at radius 2 is 2.24 bits per heavy atom. The fourth-order valence-corrected chi connectivity index (χ4v) is 3.29. The first-order chi connectivity index (χ1) is 7.91. The van der Waals surface area contributed by atoms with E-state index in [4.69, 9.17) is 11.5 Å². The summed E-state index contributed by atoms with van der Waals surface area (Å²) >= 11 is 0. The van der Waals surface area contributed by atoms with Crippen LogP contribution in [0.4, 0.5) is 0 Å². The van der Waals surface area contributed by atoms with Crippen molar-refractivity contribution in [3.63, 3.8) is 0 Å². The number of rotatable bonds is 4. The van der Waals surface area contributed by atoms with Gasteiger partial charge in [-0.25, -0.2) is 0 Å². The van der Waals surface area contributed by atoms with Crippen LogP contribution in [-0.4, -0.2) is 54.3 Å². The van der Waals surface area contributed by atoms with Gasteiger partial charge < -0.3 is 5.11 Å². The second kappa shape index (κ2) is 5.49. The Hall–Kier alpha value is -1.10. The fraction of sp³-hybridized carbons (Fsp3) is 0.700. The van der Waals surface area contributed by atoms with Crippen molar-refractivity contribution in [1.82, 2.24) is 8.61 Å². The van der Waals surface area contributed by atoms with Gasteiger partial charge in [0.15, 0.2) is 0 Å². The summed E-state index contributed by atoms with van der Waals surface area (Å²) in [6.45, 7) is 0.166. The first kappa shape index (κ1) is 14.0. The van der Waals surface area contributed by atoms with Gasteiger partial charge in [0.2, 0.25) is 0 Å². The second-order valence-corrected chi connectivity index (χ2v) is 5.92. The van der Waals surface area contributed by atoms with Crippen molar-refractivity contribution in [1.29, 1.82) is 0 Å². The molecule has 1 aliphatic heterocycles. The molecule has 1 atom stereocenters.